The molecule has 1 aliphatic rings. The Balaban J connectivity index is 0.000000771. The van der Waals surface area contributed by atoms with Gasteiger partial charge in [0.25, 0.3) is 0 Å². The minimum atomic E-state index is 0.0592. The van der Waals surface area contributed by atoms with Crippen LogP contribution in [-0.4, -0.2) is 0 Å². The van der Waals surface area contributed by atoms with E-state index in [9.17, 15) is 4.39 Å². The summed E-state index contributed by atoms with van der Waals surface area (Å²) in [4.78, 5) is 0. The first kappa shape index (κ1) is 14.7. The minimum absolute atomic E-state index is 0.0592. The zero-order valence-electron chi connectivity index (χ0n) is 11.7. The summed E-state index contributed by atoms with van der Waals surface area (Å²) in [6.45, 7) is 6.09. The van der Waals surface area contributed by atoms with E-state index in [1.165, 1.54) is 11.1 Å². The maximum atomic E-state index is 13.2. The number of rotatable bonds is 4. The van der Waals surface area contributed by atoms with E-state index in [1.807, 2.05) is 26.0 Å². The van der Waals surface area contributed by atoms with Crippen LogP contribution in [-0.2, 0) is 6.42 Å². The van der Waals surface area contributed by atoms with Gasteiger partial charge in [-0.1, -0.05) is 55.8 Å². The Morgan fingerprint density at radius 2 is 1.72 bits per heavy atom. The zero-order chi connectivity index (χ0) is 13.4. The van der Waals surface area contributed by atoms with Crippen molar-refractivity contribution in [3.05, 3.63) is 58.9 Å². The summed E-state index contributed by atoms with van der Waals surface area (Å²) in [6, 6.07) is 8.57. The normalized spacial score (nSPS) is 13.6. The smallest absolute Gasteiger partial charge is 0.107 e. The number of benzene rings is 1. The van der Waals surface area contributed by atoms with Crippen LogP contribution >= 0.6 is 0 Å². The van der Waals surface area contributed by atoms with E-state index in [4.69, 9.17) is 0 Å². The lowest BCUT2D eigenvalue weighted by Gasteiger charge is -2.02. The Kier molecular flexibility index (Phi) is 6.42. The monoisotopic (exact) mass is 246 g/mol. The molecule has 98 valence electrons. The van der Waals surface area contributed by atoms with E-state index < -0.39 is 0 Å². The maximum absolute atomic E-state index is 13.2. The molecule has 18 heavy (non-hydrogen) atoms. The molecular weight excluding hydrogens is 223 g/mol. The molecule has 0 spiro atoms. The molecule has 1 heteroatoms. The third kappa shape index (κ3) is 4.48. The van der Waals surface area contributed by atoms with Gasteiger partial charge in [0.1, 0.15) is 5.83 Å². The lowest BCUT2D eigenvalue weighted by molar-refractivity contribution is 0.606. The Morgan fingerprint density at radius 1 is 1.06 bits per heavy atom. The zero-order valence-corrected chi connectivity index (χ0v) is 11.7. The van der Waals surface area contributed by atoms with Crippen molar-refractivity contribution in [3.8, 4) is 0 Å². The van der Waals surface area contributed by atoms with Crippen LogP contribution in [0, 0.1) is 6.92 Å². The number of aryl methyl sites for hydroxylation is 2. The van der Waals surface area contributed by atoms with Gasteiger partial charge in [0.05, 0.1) is 0 Å². The molecule has 0 heterocycles. The van der Waals surface area contributed by atoms with Gasteiger partial charge in [0.15, 0.2) is 0 Å². The molecule has 0 unspecified atom stereocenters. The van der Waals surface area contributed by atoms with Gasteiger partial charge < -0.3 is 0 Å². The molecule has 0 nitrogen and oxygen atoms in total. The van der Waals surface area contributed by atoms with Crippen LogP contribution in [0.15, 0.2) is 47.8 Å². The highest BCUT2D eigenvalue weighted by molar-refractivity contribution is 5.30. The van der Waals surface area contributed by atoms with E-state index >= 15 is 0 Å². The number of hydrogen-bond acceptors (Lipinski definition) is 0. The van der Waals surface area contributed by atoms with Gasteiger partial charge in [0, 0.05) is 6.42 Å². The molecule has 1 aromatic rings. The van der Waals surface area contributed by atoms with Crippen LogP contribution in [0.4, 0.5) is 4.39 Å². The summed E-state index contributed by atoms with van der Waals surface area (Å²) < 4.78 is 13.2. The standard InChI is InChI=1S/C15H17F.C2H6/c1-12-8-10-13(11-9-12)4-2-5-14-6-3-7-15(14)16;1-2/h3,6,8-11H,2,4-5,7H2,1H3;1-2H3. The highest BCUT2D eigenvalue weighted by Gasteiger charge is 2.07. The lowest BCUT2D eigenvalue weighted by atomic mass is 10.0. The molecule has 0 saturated heterocycles. The molecule has 0 bridgehead atoms. The molecule has 0 radical (unpaired) electrons. The summed E-state index contributed by atoms with van der Waals surface area (Å²) >= 11 is 0. The molecule has 0 fully saturated rings. The minimum Gasteiger partial charge on any atom is -0.211 e. The highest BCUT2D eigenvalue weighted by atomic mass is 19.1. The molecule has 1 aromatic carbocycles. The predicted octanol–water partition coefficient (Wildman–Crippen LogP) is 5.53. The average Bonchev–Trinajstić information content (AvgIpc) is 2.80. The average molecular weight is 246 g/mol. The Morgan fingerprint density at radius 3 is 2.28 bits per heavy atom. The van der Waals surface area contributed by atoms with Crippen LogP contribution in [0.2, 0.25) is 0 Å². The fourth-order valence-electron chi connectivity index (χ4n) is 1.98. The van der Waals surface area contributed by atoms with Gasteiger partial charge in [-0.05, 0) is 37.3 Å². The van der Waals surface area contributed by atoms with Gasteiger partial charge >= 0.3 is 0 Å². The van der Waals surface area contributed by atoms with Crippen LogP contribution in [0.1, 0.15) is 44.2 Å². The van der Waals surface area contributed by atoms with Crippen molar-refractivity contribution in [2.75, 3.05) is 0 Å². The Hall–Kier alpha value is -1.37. The first-order valence-electron chi connectivity index (χ1n) is 6.85. The number of hydrogen-bond donors (Lipinski definition) is 0. The topological polar surface area (TPSA) is 0 Å². The van der Waals surface area contributed by atoms with Crippen molar-refractivity contribution < 1.29 is 4.39 Å². The van der Waals surface area contributed by atoms with Crippen LogP contribution < -0.4 is 0 Å². The van der Waals surface area contributed by atoms with Gasteiger partial charge in [-0.2, -0.15) is 0 Å². The van der Waals surface area contributed by atoms with Crippen molar-refractivity contribution in [3.63, 3.8) is 0 Å². The Labute approximate surface area is 110 Å². The van der Waals surface area contributed by atoms with Crippen molar-refractivity contribution >= 4 is 0 Å². The second kappa shape index (κ2) is 7.86. The van der Waals surface area contributed by atoms with E-state index in [0.29, 0.717) is 6.42 Å². The molecule has 0 saturated carbocycles. The molecule has 0 atom stereocenters. The van der Waals surface area contributed by atoms with Crippen LogP contribution in [0.25, 0.3) is 0 Å². The second-order valence-corrected chi connectivity index (χ2v) is 4.38. The summed E-state index contributed by atoms with van der Waals surface area (Å²) in [6.07, 6.45) is 7.23. The van der Waals surface area contributed by atoms with Gasteiger partial charge in [0.2, 0.25) is 0 Å². The predicted molar refractivity (Wildman–Crippen MR) is 77.4 cm³/mol. The van der Waals surface area contributed by atoms with Crippen molar-refractivity contribution in [1.29, 1.82) is 0 Å². The highest BCUT2D eigenvalue weighted by Crippen LogP contribution is 2.24. The molecule has 0 N–H and O–H groups in total. The van der Waals surface area contributed by atoms with E-state index in [-0.39, 0.29) is 5.83 Å². The SMILES string of the molecule is CC.Cc1ccc(CCCC2=C(F)CC=C2)cc1. The fraction of sp³-hybridized carbons (Fsp3) is 0.412. The first-order valence-corrected chi connectivity index (χ1v) is 6.85. The largest absolute Gasteiger partial charge is 0.211 e. The molecular formula is C17H23F. The lowest BCUT2D eigenvalue weighted by Crippen LogP contribution is -1.87. The fourth-order valence-corrected chi connectivity index (χ4v) is 1.98. The second-order valence-electron chi connectivity index (χ2n) is 4.38. The molecule has 0 aromatic heterocycles. The van der Waals surface area contributed by atoms with Crippen molar-refractivity contribution in [1.82, 2.24) is 0 Å². The summed E-state index contributed by atoms with van der Waals surface area (Å²) in [5, 5.41) is 0. The summed E-state index contributed by atoms with van der Waals surface area (Å²) in [5.74, 6) is 0.0592. The van der Waals surface area contributed by atoms with Crippen LogP contribution in [0.3, 0.4) is 0 Å². The number of allylic oxidation sites excluding steroid dienone is 4. The van der Waals surface area contributed by atoms with Gasteiger partial charge in [-0.15, -0.1) is 0 Å². The van der Waals surface area contributed by atoms with Crippen molar-refractivity contribution in [2.45, 2.75) is 46.5 Å². The van der Waals surface area contributed by atoms with Gasteiger partial charge in [-0.25, -0.2) is 4.39 Å². The van der Waals surface area contributed by atoms with E-state index in [2.05, 4.69) is 31.2 Å². The maximum Gasteiger partial charge on any atom is 0.107 e. The summed E-state index contributed by atoms with van der Waals surface area (Å²) in [5.41, 5.74) is 3.52. The number of halogens is 1. The molecule has 1 aliphatic carbocycles. The third-order valence-corrected chi connectivity index (χ3v) is 3.00. The summed E-state index contributed by atoms with van der Waals surface area (Å²) in [7, 11) is 0. The van der Waals surface area contributed by atoms with Gasteiger partial charge in [-0.3, -0.25) is 0 Å². The molecule has 2 rings (SSSR count). The van der Waals surface area contributed by atoms with Crippen LogP contribution in [0.5, 0.6) is 0 Å². The first-order chi connectivity index (χ1) is 8.75. The molecule has 0 amide bonds. The Bertz CT molecular complexity index is 410. The third-order valence-electron chi connectivity index (χ3n) is 3.00. The van der Waals surface area contributed by atoms with E-state index in [0.717, 1.165) is 24.8 Å². The molecule has 0 aliphatic heterocycles. The quantitative estimate of drug-likeness (QED) is 0.655. The van der Waals surface area contributed by atoms with E-state index in [1.54, 1.807) is 0 Å². The van der Waals surface area contributed by atoms with Crippen molar-refractivity contribution in [2.24, 2.45) is 0 Å².